The maximum Gasteiger partial charge on any atom is 0.138 e. The Labute approximate surface area is 104 Å². The van der Waals surface area contributed by atoms with Gasteiger partial charge in [0.05, 0.1) is 0 Å². The predicted molar refractivity (Wildman–Crippen MR) is 68.8 cm³/mol. The standard InChI is InChI=1S/C13H24N4/c1-11(2)9-17-13(15-10-16-17)5-3-4-8-14-12-6-7-12/h10-12,14H,3-9H2,1-2H3. The van der Waals surface area contributed by atoms with Gasteiger partial charge in [-0.2, -0.15) is 5.10 Å². The molecule has 0 unspecified atom stereocenters. The topological polar surface area (TPSA) is 42.7 Å². The molecule has 0 amide bonds. The highest BCUT2D eigenvalue weighted by Gasteiger charge is 2.19. The molecule has 17 heavy (non-hydrogen) atoms. The van der Waals surface area contributed by atoms with Crippen molar-refractivity contribution in [3.63, 3.8) is 0 Å². The van der Waals surface area contributed by atoms with Crippen LogP contribution in [0.5, 0.6) is 0 Å². The molecular weight excluding hydrogens is 212 g/mol. The van der Waals surface area contributed by atoms with Gasteiger partial charge in [0.2, 0.25) is 0 Å². The van der Waals surface area contributed by atoms with Crippen LogP contribution in [0.25, 0.3) is 0 Å². The van der Waals surface area contributed by atoms with Crippen molar-refractivity contribution in [2.45, 2.75) is 58.5 Å². The maximum atomic E-state index is 4.35. The van der Waals surface area contributed by atoms with Crippen LogP contribution < -0.4 is 5.32 Å². The summed E-state index contributed by atoms with van der Waals surface area (Å²) < 4.78 is 2.05. The monoisotopic (exact) mass is 236 g/mol. The van der Waals surface area contributed by atoms with Gasteiger partial charge in [-0.15, -0.1) is 0 Å². The number of hydrogen-bond acceptors (Lipinski definition) is 3. The molecule has 2 rings (SSSR count). The van der Waals surface area contributed by atoms with Gasteiger partial charge in [-0.05, 0) is 38.1 Å². The normalized spacial score (nSPS) is 15.7. The fourth-order valence-corrected chi connectivity index (χ4v) is 1.98. The zero-order valence-corrected chi connectivity index (χ0v) is 11.0. The zero-order chi connectivity index (χ0) is 12.1. The molecule has 1 aliphatic carbocycles. The van der Waals surface area contributed by atoms with E-state index in [0.717, 1.165) is 31.4 Å². The van der Waals surface area contributed by atoms with Crippen molar-refractivity contribution in [2.24, 2.45) is 5.92 Å². The van der Waals surface area contributed by atoms with E-state index in [-0.39, 0.29) is 0 Å². The van der Waals surface area contributed by atoms with Gasteiger partial charge >= 0.3 is 0 Å². The van der Waals surface area contributed by atoms with E-state index in [1.165, 1.54) is 25.7 Å². The summed E-state index contributed by atoms with van der Waals surface area (Å²) in [5.41, 5.74) is 0. The van der Waals surface area contributed by atoms with Gasteiger partial charge in [-0.3, -0.25) is 0 Å². The van der Waals surface area contributed by atoms with E-state index in [2.05, 4.69) is 33.9 Å². The van der Waals surface area contributed by atoms with E-state index < -0.39 is 0 Å². The molecule has 1 aromatic rings. The van der Waals surface area contributed by atoms with Crippen molar-refractivity contribution in [2.75, 3.05) is 6.54 Å². The van der Waals surface area contributed by atoms with E-state index in [4.69, 9.17) is 0 Å². The Morgan fingerprint density at radius 3 is 2.94 bits per heavy atom. The molecule has 4 heteroatoms. The summed E-state index contributed by atoms with van der Waals surface area (Å²) in [5, 5.41) is 7.82. The van der Waals surface area contributed by atoms with Crippen LogP contribution in [0.1, 0.15) is 45.4 Å². The van der Waals surface area contributed by atoms with Gasteiger partial charge in [-0.1, -0.05) is 13.8 Å². The number of nitrogens with zero attached hydrogens (tertiary/aromatic N) is 3. The minimum absolute atomic E-state index is 0.631. The predicted octanol–water partition coefficient (Wildman–Crippen LogP) is 2.01. The molecule has 1 N–H and O–H groups in total. The summed E-state index contributed by atoms with van der Waals surface area (Å²) in [7, 11) is 0. The van der Waals surface area contributed by atoms with Crippen LogP contribution in [0.3, 0.4) is 0 Å². The van der Waals surface area contributed by atoms with Crippen LogP contribution in [0.4, 0.5) is 0 Å². The molecule has 0 bridgehead atoms. The largest absolute Gasteiger partial charge is 0.314 e. The van der Waals surface area contributed by atoms with Crippen molar-refractivity contribution in [1.82, 2.24) is 20.1 Å². The summed E-state index contributed by atoms with van der Waals surface area (Å²) in [5.74, 6) is 1.78. The van der Waals surface area contributed by atoms with Crippen LogP contribution >= 0.6 is 0 Å². The van der Waals surface area contributed by atoms with Crippen molar-refractivity contribution >= 4 is 0 Å². The highest BCUT2D eigenvalue weighted by atomic mass is 15.3. The molecule has 4 nitrogen and oxygen atoms in total. The first-order chi connectivity index (χ1) is 8.25. The van der Waals surface area contributed by atoms with Gasteiger partial charge < -0.3 is 5.32 Å². The molecular formula is C13H24N4. The van der Waals surface area contributed by atoms with Crippen LogP contribution in [0.15, 0.2) is 6.33 Å². The van der Waals surface area contributed by atoms with Crippen molar-refractivity contribution in [3.05, 3.63) is 12.2 Å². The second kappa shape index (κ2) is 6.15. The molecule has 1 saturated carbocycles. The summed E-state index contributed by atoms with van der Waals surface area (Å²) in [6, 6.07) is 0.833. The first-order valence-electron chi connectivity index (χ1n) is 6.86. The fraction of sp³-hybridized carbons (Fsp3) is 0.846. The third-order valence-corrected chi connectivity index (χ3v) is 3.07. The zero-order valence-electron chi connectivity index (χ0n) is 11.0. The van der Waals surface area contributed by atoms with Crippen molar-refractivity contribution in [1.29, 1.82) is 0 Å². The first-order valence-corrected chi connectivity index (χ1v) is 6.86. The maximum absolute atomic E-state index is 4.35. The molecule has 1 heterocycles. The average molecular weight is 236 g/mol. The SMILES string of the molecule is CC(C)Cn1ncnc1CCCCNC1CC1. The van der Waals surface area contributed by atoms with Crippen LogP contribution in [0, 0.1) is 5.92 Å². The summed E-state index contributed by atoms with van der Waals surface area (Å²) in [4.78, 5) is 4.35. The Morgan fingerprint density at radius 1 is 1.41 bits per heavy atom. The Bertz CT molecular complexity index is 328. The number of unbranched alkanes of at least 4 members (excludes halogenated alkanes) is 1. The van der Waals surface area contributed by atoms with Crippen LogP contribution in [-0.2, 0) is 13.0 Å². The Morgan fingerprint density at radius 2 is 2.24 bits per heavy atom. The van der Waals surface area contributed by atoms with Gasteiger partial charge in [0, 0.05) is 19.0 Å². The lowest BCUT2D eigenvalue weighted by molar-refractivity contribution is 0.461. The number of nitrogens with one attached hydrogen (secondary N) is 1. The number of aromatic nitrogens is 3. The summed E-state index contributed by atoms with van der Waals surface area (Å²) in [6.45, 7) is 6.56. The lowest BCUT2D eigenvalue weighted by Gasteiger charge is -2.08. The van der Waals surface area contributed by atoms with Gasteiger partial charge in [0.1, 0.15) is 12.2 Å². The van der Waals surface area contributed by atoms with Gasteiger partial charge in [0.25, 0.3) is 0 Å². The minimum Gasteiger partial charge on any atom is -0.314 e. The Balaban J connectivity index is 1.64. The van der Waals surface area contributed by atoms with E-state index in [0.29, 0.717) is 5.92 Å². The van der Waals surface area contributed by atoms with Gasteiger partial charge in [-0.25, -0.2) is 9.67 Å². The smallest absolute Gasteiger partial charge is 0.138 e. The second-order valence-corrected chi connectivity index (χ2v) is 5.44. The summed E-state index contributed by atoms with van der Waals surface area (Å²) >= 11 is 0. The van der Waals surface area contributed by atoms with E-state index in [9.17, 15) is 0 Å². The molecule has 0 aromatic carbocycles. The molecule has 0 spiro atoms. The fourth-order valence-electron chi connectivity index (χ4n) is 1.98. The molecule has 0 atom stereocenters. The number of hydrogen-bond donors (Lipinski definition) is 1. The molecule has 0 radical (unpaired) electrons. The van der Waals surface area contributed by atoms with Gasteiger partial charge in [0.15, 0.2) is 0 Å². The molecule has 0 saturated heterocycles. The number of rotatable bonds is 8. The summed E-state index contributed by atoms with van der Waals surface area (Å²) in [6.07, 6.45) is 7.94. The van der Waals surface area contributed by atoms with Crippen LogP contribution in [0.2, 0.25) is 0 Å². The van der Waals surface area contributed by atoms with Crippen molar-refractivity contribution < 1.29 is 0 Å². The minimum atomic E-state index is 0.631. The quantitative estimate of drug-likeness (QED) is 0.702. The highest BCUT2D eigenvalue weighted by Crippen LogP contribution is 2.18. The Kier molecular flexibility index (Phi) is 4.54. The van der Waals surface area contributed by atoms with E-state index >= 15 is 0 Å². The second-order valence-electron chi connectivity index (χ2n) is 5.44. The Hall–Kier alpha value is -0.900. The average Bonchev–Trinajstić information content (AvgIpc) is 3.00. The van der Waals surface area contributed by atoms with Crippen molar-refractivity contribution in [3.8, 4) is 0 Å². The van der Waals surface area contributed by atoms with E-state index in [1.54, 1.807) is 6.33 Å². The van der Waals surface area contributed by atoms with Crippen LogP contribution in [-0.4, -0.2) is 27.4 Å². The third-order valence-electron chi connectivity index (χ3n) is 3.07. The lowest BCUT2D eigenvalue weighted by Crippen LogP contribution is -2.17. The number of aryl methyl sites for hydroxylation is 1. The molecule has 96 valence electrons. The van der Waals surface area contributed by atoms with E-state index in [1.807, 2.05) is 0 Å². The lowest BCUT2D eigenvalue weighted by atomic mass is 10.2. The molecule has 1 fully saturated rings. The first kappa shape index (κ1) is 12.6. The molecule has 1 aliphatic rings. The third kappa shape index (κ3) is 4.46. The highest BCUT2D eigenvalue weighted by molar-refractivity contribution is 4.85. The molecule has 0 aliphatic heterocycles. The molecule has 1 aromatic heterocycles.